The van der Waals surface area contributed by atoms with E-state index in [1.807, 2.05) is 37.3 Å². The van der Waals surface area contributed by atoms with Crippen LogP contribution in [0.3, 0.4) is 0 Å². The van der Waals surface area contributed by atoms with E-state index in [1.54, 1.807) is 19.0 Å². The molecule has 0 fully saturated rings. The summed E-state index contributed by atoms with van der Waals surface area (Å²) >= 11 is 2.87. The molecule has 20 heavy (non-hydrogen) atoms. The molecule has 1 aromatic carbocycles. The molecular formula is C13H16N4OS2. The minimum absolute atomic E-state index is 0.0439. The number of thioether (sulfide) groups is 1. The van der Waals surface area contributed by atoms with E-state index in [9.17, 15) is 4.79 Å². The Balaban J connectivity index is 2.01. The van der Waals surface area contributed by atoms with Gasteiger partial charge in [-0.15, -0.1) is 10.2 Å². The Morgan fingerprint density at radius 3 is 2.65 bits per heavy atom. The van der Waals surface area contributed by atoms with E-state index < -0.39 is 0 Å². The smallest absolute Gasteiger partial charge is 0.240 e. The zero-order chi connectivity index (χ0) is 14.5. The van der Waals surface area contributed by atoms with Gasteiger partial charge in [0.2, 0.25) is 11.0 Å². The molecule has 1 heterocycles. The number of carbonyl (C=O) groups excluding carboxylic acids is 1. The third kappa shape index (κ3) is 3.49. The summed E-state index contributed by atoms with van der Waals surface area (Å²) in [6.07, 6.45) is 0. The Hall–Kier alpha value is -1.60. The van der Waals surface area contributed by atoms with Crippen molar-refractivity contribution in [2.75, 3.05) is 24.3 Å². The summed E-state index contributed by atoms with van der Waals surface area (Å²) in [6.45, 7) is 1.88. The lowest BCUT2D eigenvalue weighted by Crippen LogP contribution is -2.33. The highest BCUT2D eigenvalue weighted by Crippen LogP contribution is 2.29. The van der Waals surface area contributed by atoms with E-state index in [-0.39, 0.29) is 11.2 Å². The monoisotopic (exact) mass is 308 g/mol. The summed E-state index contributed by atoms with van der Waals surface area (Å²) in [5.41, 5.74) is 0.887. The molecule has 1 N–H and O–H groups in total. The van der Waals surface area contributed by atoms with Gasteiger partial charge in [0.15, 0.2) is 4.34 Å². The van der Waals surface area contributed by atoms with E-state index in [2.05, 4.69) is 15.5 Å². The molecule has 0 unspecified atom stereocenters. The Bertz CT molecular complexity index is 573. The minimum atomic E-state index is -0.210. The fraction of sp³-hybridized carbons (Fsp3) is 0.308. The van der Waals surface area contributed by atoms with Crippen LogP contribution in [-0.4, -0.2) is 35.4 Å². The summed E-state index contributed by atoms with van der Waals surface area (Å²) in [5, 5.41) is 11.5. The predicted molar refractivity (Wildman–Crippen MR) is 84.6 cm³/mol. The quantitative estimate of drug-likeness (QED) is 0.861. The summed E-state index contributed by atoms with van der Waals surface area (Å²) in [4.78, 5) is 14.0. The van der Waals surface area contributed by atoms with Crippen LogP contribution in [0.15, 0.2) is 34.7 Å². The Morgan fingerprint density at radius 2 is 2.05 bits per heavy atom. The van der Waals surface area contributed by atoms with Crippen LogP contribution in [0, 0.1) is 0 Å². The van der Waals surface area contributed by atoms with Crippen molar-refractivity contribution in [1.82, 2.24) is 10.2 Å². The van der Waals surface area contributed by atoms with E-state index in [0.717, 1.165) is 15.2 Å². The number of nitrogens with zero attached hydrogens (tertiary/aromatic N) is 3. The largest absolute Gasteiger partial charge is 0.363 e. The topological polar surface area (TPSA) is 58.1 Å². The number of carbonyl (C=O) groups is 1. The first kappa shape index (κ1) is 14.8. The van der Waals surface area contributed by atoms with Crippen LogP contribution in [0.1, 0.15) is 6.92 Å². The van der Waals surface area contributed by atoms with E-state index >= 15 is 0 Å². The van der Waals surface area contributed by atoms with E-state index in [4.69, 9.17) is 0 Å². The lowest BCUT2D eigenvalue weighted by Gasteiger charge is -2.20. The van der Waals surface area contributed by atoms with Crippen LogP contribution >= 0.6 is 23.1 Å². The highest BCUT2D eigenvalue weighted by Gasteiger charge is 2.21. The van der Waals surface area contributed by atoms with Crippen molar-refractivity contribution < 1.29 is 4.79 Å². The SMILES string of the molecule is CNc1nnc(S[C@@H](C)C(=O)N(C)c2ccccc2)s1. The normalized spacial score (nSPS) is 11.9. The molecule has 0 saturated carbocycles. The first-order valence-electron chi connectivity index (χ1n) is 6.12. The highest BCUT2D eigenvalue weighted by molar-refractivity contribution is 8.02. The van der Waals surface area contributed by atoms with Gasteiger partial charge >= 0.3 is 0 Å². The van der Waals surface area contributed by atoms with Gasteiger partial charge in [0, 0.05) is 19.8 Å². The van der Waals surface area contributed by atoms with Crippen molar-refractivity contribution in [1.29, 1.82) is 0 Å². The van der Waals surface area contributed by atoms with Gasteiger partial charge in [-0.2, -0.15) is 0 Å². The van der Waals surface area contributed by atoms with Gasteiger partial charge in [-0.1, -0.05) is 41.3 Å². The summed E-state index contributed by atoms with van der Waals surface area (Å²) in [6, 6.07) is 9.60. The maximum absolute atomic E-state index is 12.4. The molecule has 0 spiro atoms. The fourth-order valence-electron chi connectivity index (χ4n) is 1.61. The standard InChI is InChI=1S/C13H16N4OS2/c1-9(19-13-16-15-12(14-2)20-13)11(18)17(3)10-7-5-4-6-8-10/h4-9H,1-3H3,(H,14,15)/t9-/m0/s1. The summed E-state index contributed by atoms with van der Waals surface area (Å²) in [5.74, 6) is 0.0439. The lowest BCUT2D eigenvalue weighted by atomic mass is 10.3. The predicted octanol–water partition coefficient (Wildman–Crippen LogP) is 2.72. The van der Waals surface area contributed by atoms with Crippen LogP contribution < -0.4 is 10.2 Å². The van der Waals surface area contributed by atoms with Gasteiger partial charge in [0.1, 0.15) is 0 Å². The second kappa shape index (κ2) is 6.71. The molecule has 0 radical (unpaired) electrons. The van der Waals surface area contributed by atoms with Crippen LogP contribution in [-0.2, 0) is 4.79 Å². The Morgan fingerprint density at radius 1 is 1.35 bits per heavy atom. The molecule has 1 amide bonds. The number of para-hydroxylation sites is 1. The van der Waals surface area contributed by atoms with Crippen molar-refractivity contribution in [2.24, 2.45) is 0 Å². The van der Waals surface area contributed by atoms with Gasteiger partial charge in [0.25, 0.3) is 0 Å². The second-order valence-electron chi connectivity index (χ2n) is 4.12. The fourth-order valence-corrected chi connectivity index (χ4v) is 3.55. The van der Waals surface area contributed by atoms with Gasteiger partial charge in [-0.3, -0.25) is 4.79 Å². The molecule has 0 aliphatic rings. The van der Waals surface area contributed by atoms with Crippen molar-refractivity contribution >= 4 is 39.8 Å². The number of aromatic nitrogens is 2. The van der Waals surface area contributed by atoms with Crippen molar-refractivity contribution in [3.63, 3.8) is 0 Å². The molecule has 2 aromatic rings. The summed E-state index contributed by atoms with van der Waals surface area (Å²) < 4.78 is 0.789. The summed E-state index contributed by atoms with van der Waals surface area (Å²) in [7, 11) is 3.58. The molecule has 7 heteroatoms. The van der Waals surface area contributed by atoms with Gasteiger partial charge in [0.05, 0.1) is 5.25 Å². The number of rotatable bonds is 5. The first-order chi connectivity index (χ1) is 9.61. The maximum atomic E-state index is 12.4. The van der Waals surface area contributed by atoms with Crippen LogP contribution in [0.2, 0.25) is 0 Å². The number of anilines is 2. The molecule has 106 valence electrons. The Labute approximate surface area is 126 Å². The molecule has 1 atom stereocenters. The maximum Gasteiger partial charge on any atom is 0.240 e. The van der Waals surface area contributed by atoms with Crippen LogP contribution in [0.25, 0.3) is 0 Å². The third-order valence-electron chi connectivity index (χ3n) is 2.72. The van der Waals surface area contributed by atoms with Crippen molar-refractivity contribution in [3.8, 4) is 0 Å². The van der Waals surface area contributed by atoms with E-state index in [1.165, 1.54) is 23.1 Å². The first-order valence-corrected chi connectivity index (χ1v) is 7.82. The number of hydrogen-bond donors (Lipinski definition) is 1. The van der Waals surface area contributed by atoms with Crippen molar-refractivity contribution in [3.05, 3.63) is 30.3 Å². The van der Waals surface area contributed by atoms with Crippen LogP contribution in [0.4, 0.5) is 10.8 Å². The molecule has 0 aliphatic carbocycles. The molecular weight excluding hydrogens is 292 g/mol. The van der Waals surface area contributed by atoms with Crippen molar-refractivity contribution in [2.45, 2.75) is 16.5 Å². The zero-order valence-corrected chi connectivity index (χ0v) is 13.2. The number of amides is 1. The molecule has 5 nitrogen and oxygen atoms in total. The molecule has 2 rings (SSSR count). The molecule has 0 saturated heterocycles. The molecule has 1 aromatic heterocycles. The third-order valence-corrected chi connectivity index (χ3v) is 4.83. The van der Waals surface area contributed by atoms with Gasteiger partial charge in [-0.05, 0) is 19.1 Å². The Kier molecular flexibility index (Phi) is 4.97. The van der Waals surface area contributed by atoms with Crippen LogP contribution in [0.5, 0.6) is 0 Å². The molecule has 0 aliphatic heterocycles. The highest BCUT2D eigenvalue weighted by atomic mass is 32.2. The number of nitrogens with one attached hydrogen (secondary N) is 1. The lowest BCUT2D eigenvalue weighted by molar-refractivity contribution is -0.117. The average Bonchev–Trinajstić information content (AvgIpc) is 2.94. The van der Waals surface area contributed by atoms with Gasteiger partial charge in [-0.25, -0.2) is 0 Å². The molecule has 0 bridgehead atoms. The number of benzene rings is 1. The zero-order valence-electron chi connectivity index (χ0n) is 11.5. The number of hydrogen-bond acceptors (Lipinski definition) is 6. The average molecular weight is 308 g/mol. The van der Waals surface area contributed by atoms with Gasteiger partial charge < -0.3 is 10.2 Å². The minimum Gasteiger partial charge on any atom is -0.363 e. The second-order valence-corrected chi connectivity index (χ2v) is 6.68. The van der Waals surface area contributed by atoms with E-state index in [0.29, 0.717) is 0 Å².